The van der Waals surface area contributed by atoms with E-state index in [1.54, 1.807) is 6.08 Å². The van der Waals surface area contributed by atoms with Crippen LogP contribution >= 0.6 is 0 Å². The van der Waals surface area contributed by atoms with E-state index in [4.69, 9.17) is 4.74 Å². The molecule has 0 heterocycles. The molecule has 0 rings (SSSR count). The number of amides is 1. The molecule has 80 heavy (non-hydrogen) atoms. The van der Waals surface area contributed by atoms with Crippen LogP contribution in [0.4, 0.5) is 0 Å². The number of esters is 1. The summed E-state index contributed by atoms with van der Waals surface area (Å²) in [5.41, 5.74) is 0. The molecule has 0 saturated carbocycles. The third kappa shape index (κ3) is 65.5. The van der Waals surface area contributed by atoms with Gasteiger partial charge in [0.1, 0.15) is 0 Å². The maximum absolute atomic E-state index is 12.5. The van der Waals surface area contributed by atoms with Gasteiger partial charge in [-0.1, -0.05) is 366 Å². The molecule has 0 aromatic heterocycles. The summed E-state index contributed by atoms with van der Waals surface area (Å²) in [5, 5.41) is 23.3. The molecule has 1 amide bonds. The molecule has 6 nitrogen and oxygen atoms in total. The summed E-state index contributed by atoms with van der Waals surface area (Å²) >= 11 is 0. The van der Waals surface area contributed by atoms with Crippen LogP contribution in [-0.2, 0) is 14.3 Å². The number of ether oxygens (including phenoxy) is 1. The molecular formula is C74H143NO5. The molecule has 0 saturated heterocycles. The van der Waals surface area contributed by atoms with Crippen LogP contribution in [0.2, 0.25) is 0 Å². The van der Waals surface area contributed by atoms with Gasteiger partial charge in [-0.15, -0.1) is 0 Å². The Balaban J connectivity index is 3.39. The summed E-state index contributed by atoms with van der Waals surface area (Å²) in [4.78, 5) is 24.6. The minimum Gasteiger partial charge on any atom is -0.466 e. The minimum atomic E-state index is -0.844. The molecule has 0 aliphatic rings. The predicted octanol–water partition coefficient (Wildman–Crippen LogP) is 23.7. The summed E-state index contributed by atoms with van der Waals surface area (Å²) in [6.45, 7) is 4.95. The first-order valence-corrected chi connectivity index (χ1v) is 36.6. The van der Waals surface area contributed by atoms with Gasteiger partial charge < -0.3 is 20.3 Å². The molecule has 0 fully saturated rings. The summed E-state index contributed by atoms with van der Waals surface area (Å²) in [5.74, 6) is -0.0439. The van der Waals surface area contributed by atoms with Gasteiger partial charge in [0.05, 0.1) is 25.4 Å². The van der Waals surface area contributed by atoms with E-state index in [0.29, 0.717) is 19.4 Å². The van der Waals surface area contributed by atoms with Gasteiger partial charge in [0.15, 0.2) is 0 Å². The first-order chi connectivity index (χ1) is 39.5. The second-order valence-electron chi connectivity index (χ2n) is 25.3. The van der Waals surface area contributed by atoms with Crippen LogP contribution in [0.15, 0.2) is 24.3 Å². The molecule has 0 aromatic rings. The van der Waals surface area contributed by atoms with E-state index in [0.717, 1.165) is 38.5 Å². The van der Waals surface area contributed by atoms with Crippen molar-refractivity contribution in [3.8, 4) is 0 Å². The summed E-state index contributed by atoms with van der Waals surface area (Å²) in [6, 6.07) is -0.627. The lowest BCUT2D eigenvalue weighted by atomic mass is 10.0. The highest BCUT2D eigenvalue weighted by molar-refractivity contribution is 5.76. The number of carbonyl (C=O) groups excluding carboxylic acids is 2. The molecule has 0 spiro atoms. The Kier molecular flexibility index (Phi) is 68.4. The van der Waals surface area contributed by atoms with Crippen LogP contribution in [0.3, 0.4) is 0 Å². The van der Waals surface area contributed by atoms with E-state index in [-0.39, 0.29) is 18.5 Å². The van der Waals surface area contributed by atoms with Crippen molar-refractivity contribution in [2.75, 3.05) is 13.2 Å². The topological polar surface area (TPSA) is 95.9 Å². The monoisotopic (exact) mass is 1130 g/mol. The Hall–Kier alpha value is -1.66. The molecule has 2 unspecified atom stereocenters. The second kappa shape index (κ2) is 69.8. The Morgan fingerprint density at radius 3 is 0.887 bits per heavy atom. The van der Waals surface area contributed by atoms with E-state index in [1.165, 1.54) is 347 Å². The number of nitrogens with one attached hydrogen (secondary N) is 1. The first kappa shape index (κ1) is 78.3. The average Bonchev–Trinajstić information content (AvgIpc) is 3.46. The van der Waals surface area contributed by atoms with E-state index < -0.39 is 12.1 Å². The standard InChI is InChI=1S/C74H143NO5/c1-3-5-7-9-11-13-15-17-18-19-20-31-34-37-40-43-46-50-54-58-62-66-72(77)71(70-76)75-73(78)67-63-59-55-51-47-44-41-38-35-32-29-27-25-23-21-22-24-26-28-30-33-36-39-42-45-49-53-57-61-65-69-80-74(79)68-64-60-56-52-48-16-14-12-10-8-6-4-2/h22,24,62,66,71-72,76-77H,3-21,23,25-61,63-65,67-70H2,1-2H3,(H,75,78)/b24-22-,66-62+. The first-order valence-electron chi connectivity index (χ1n) is 36.6. The normalized spacial score (nSPS) is 12.6. The second-order valence-corrected chi connectivity index (χ2v) is 25.3. The van der Waals surface area contributed by atoms with Crippen molar-refractivity contribution in [2.45, 2.75) is 424 Å². The van der Waals surface area contributed by atoms with Crippen molar-refractivity contribution >= 4 is 11.9 Å². The van der Waals surface area contributed by atoms with Crippen molar-refractivity contribution in [3.05, 3.63) is 24.3 Å². The predicted molar refractivity (Wildman–Crippen MR) is 352 cm³/mol. The molecule has 2 atom stereocenters. The lowest BCUT2D eigenvalue weighted by Gasteiger charge is -2.20. The fourth-order valence-electron chi connectivity index (χ4n) is 11.6. The number of hydrogen-bond acceptors (Lipinski definition) is 5. The maximum Gasteiger partial charge on any atom is 0.305 e. The van der Waals surface area contributed by atoms with Crippen LogP contribution in [-0.4, -0.2) is 47.4 Å². The third-order valence-electron chi connectivity index (χ3n) is 17.2. The molecule has 3 N–H and O–H groups in total. The number of aliphatic hydroxyl groups excluding tert-OH is 2. The van der Waals surface area contributed by atoms with Gasteiger partial charge >= 0.3 is 5.97 Å². The van der Waals surface area contributed by atoms with Gasteiger partial charge in [0.25, 0.3) is 0 Å². The zero-order valence-corrected chi connectivity index (χ0v) is 54.3. The Morgan fingerprint density at radius 1 is 0.338 bits per heavy atom. The smallest absolute Gasteiger partial charge is 0.305 e. The zero-order valence-electron chi connectivity index (χ0n) is 54.3. The van der Waals surface area contributed by atoms with Gasteiger partial charge in [0.2, 0.25) is 5.91 Å². The third-order valence-corrected chi connectivity index (χ3v) is 17.2. The lowest BCUT2D eigenvalue weighted by Crippen LogP contribution is -2.45. The quantitative estimate of drug-likeness (QED) is 0.0320. The largest absolute Gasteiger partial charge is 0.466 e. The number of hydrogen-bond donors (Lipinski definition) is 3. The van der Waals surface area contributed by atoms with Gasteiger partial charge in [-0.2, -0.15) is 0 Å². The number of rotatable bonds is 69. The van der Waals surface area contributed by atoms with Crippen molar-refractivity contribution in [1.82, 2.24) is 5.32 Å². The van der Waals surface area contributed by atoms with Crippen LogP contribution in [0, 0.1) is 0 Å². The van der Waals surface area contributed by atoms with E-state index in [1.807, 2.05) is 6.08 Å². The van der Waals surface area contributed by atoms with Crippen LogP contribution < -0.4 is 5.32 Å². The highest BCUT2D eigenvalue weighted by atomic mass is 16.5. The summed E-state index contributed by atoms with van der Waals surface area (Å²) in [7, 11) is 0. The molecule has 0 aromatic carbocycles. The highest BCUT2D eigenvalue weighted by Gasteiger charge is 2.18. The van der Waals surface area contributed by atoms with Gasteiger partial charge in [-0.25, -0.2) is 0 Å². The molecule has 6 heteroatoms. The number of aliphatic hydroxyl groups is 2. The SMILES string of the molecule is CCCCCCCCCCCCCCCCCCCCC/C=C/C(O)C(CO)NC(=O)CCCCCCCCCCCCCCCC/C=C\CCCCCCCCCCCCCCOC(=O)CCCCCCCCCCCCCC. The Bertz CT molecular complexity index is 1250. The zero-order chi connectivity index (χ0) is 57.8. The van der Waals surface area contributed by atoms with E-state index >= 15 is 0 Å². The van der Waals surface area contributed by atoms with Gasteiger partial charge in [0, 0.05) is 12.8 Å². The van der Waals surface area contributed by atoms with Crippen molar-refractivity contribution in [2.24, 2.45) is 0 Å². The fraction of sp³-hybridized carbons (Fsp3) is 0.919. The molecular weight excluding hydrogens is 983 g/mol. The number of allylic oxidation sites excluding steroid dienone is 3. The molecule has 474 valence electrons. The highest BCUT2D eigenvalue weighted by Crippen LogP contribution is 2.19. The summed E-state index contributed by atoms with van der Waals surface area (Å²) in [6.07, 6.45) is 88.4. The average molecular weight is 1130 g/mol. The fourth-order valence-corrected chi connectivity index (χ4v) is 11.6. The van der Waals surface area contributed by atoms with Gasteiger partial charge in [-0.05, 0) is 57.8 Å². The number of carbonyl (C=O) groups is 2. The Morgan fingerprint density at radius 2 is 0.588 bits per heavy atom. The van der Waals surface area contributed by atoms with E-state index in [9.17, 15) is 19.8 Å². The maximum atomic E-state index is 12.5. The van der Waals surface area contributed by atoms with Crippen LogP contribution in [0.25, 0.3) is 0 Å². The lowest BCUT2D eigenvalue weighted by molar-refractivity contribution is -0.143. The Labute approximate surface area is 501 Å². The number of unbranched alkanes of at least 4 members (excludes halogenated alkanes) is 56. The van der Waals surface area contributed by atoms with Crippen molar-refractivity contribution in [3.63, 3.8) is 0 Å². The molecule has 0 aliphatic heterocycles. The summed E-state index contributed by atoms with van der Waals surface area (Å²) < 4.78 is 5.48. The molecule has 0 aliphatic carbocycles. The minimum absolute atomic E-state index is 0.0182. The molecule has 0 bridgehead atoms. The van der Waals surface area contributed by atoms with Crippen molar-refractivity contribution in [1.29, 1.82) is 0 Å². The van der Waals surface area contributed by atoms with Crippen LogP contribution in [0.5, 0.6) is 0 Å². The van der Waals surface area contributed by atoms with Gasteiger partial charge in [-0.3, -0.25) is 9.59 Å². The van der Waals surface area contributed by atoms with Crippen molar-refractivity contribution < 1.29 is 24.5 Å². The van der Waals surface area contributed by atoms with E-state index in [2.05, 4.69) is 31.3 Å². The molecule has 0 radical (unpaired) electrons. The van der Waals surface area contributed by atoms with Crippen LogP contribution in [0.1, 0.15) is 412 Å².